The molecule has 44 heavy (non-hydrogen) atoms. The Kier molecular flexibility index (Phi) is 8.19. The zero-order chi connectivity index (χ0) is 30.5. The summed E-state index contributed by atoms with van der Waals surface area (Å²) in [7, 11) is 0. The Balaban J connectivity index is 1.56. The Hall–Kier alpha value is -5.69. The van der Waals surface area contributed by atoms with E-state index < -0.39 is 12.1 Å². The van der Waals surface area contributed by atoms with Crippen molar-refractivity contribution in [1.29, 1.82) is 0 Å². The minimum atomic E-state index is -0.868. The maximum atomic E-state index is 13.5. The number of benzene rings is 6. The van der Waals surface area contributed by atoms with E-state index in [1.165, 1.54) is 12.5 Å². The molecule has 6 aromatic carbocycles. The highest BCUT2D eigenvalue weighted by Gasteiger charge is 2.26. The van der Waals surface area contributed by atoms with Gasteiger partial charge in [-0.05, 0) is 75.1 Å². The minimum absolute atomic E-state index is 0.358. The van der Waals surface area contributed by atoms with E-state index in [4.69, 9.17) is 19.1 Å². The van der Waals surface area contributed by atoms with Gasteiger partial charge in [-0.2, -0.15) is 0 Å². The van der Waals surface area contributed by atoms with Gasteiger partial charge in [0.1, 0.15) is 23.4 Å². The van der Waals surface area contributed by atoms with Gasteiger partial charge in [0.05, 0.1) is 18.1 Å². The predicted octanol–water partition coefficient (Wildman–Crippen LogP) is 9.50. The second-order valence-electron chi connectivity index (χ2n) is 9.95. The van der Waals surface area contributed by atoms with Gasteiger partial charge in [-0.3, -0.25) is 5.26 Å². The number of rotatable bonds is 10. The molecule has 0 heterocycles. The number of hydrogen-bond acceptors (Lipinski definition) is 6. The van der Waals surface area contributed by atoms with Crippen LogP contribution >= 0.6 is 0 Å². The van der Waals surface area contributed by atoms with Crippen LogP contribution in [0.5, 0.6) is 17.2 Å². The monoisotopic (exact) mass is 580 g/mol. The van der Waals surface area contributed by atoms with Crippen LogP contribution in [0.15, 0.2) is 147 Å². The van der Waals surface area contributed by atoms with Crippen molar-refractivity contribution < 1.29 is 29.1 Å². The van der Waals surface area contributed by atoms with Crippen molar-refractivity contribution in [2.75, 3.05) is 0 Å². The number of hydrogen-bond donors (Lipinski definition) is 1. The number of carbonyl (C=O) groups is 1. The van der Waals surface area contributed by atoms with Crippen molar-refractivity contribution >= 4 is 27.5 Å². The van der Waals surface area contributed by atoms with Crippen LogP contribution in [-0.2, 0) is 4.89 Å². The molecule has 6 aromatic rings. The highest BCUT2D eigenvalue weighted by molar-refractivity contribution is 6.09. The summed E-state index contributed by atoms with van der Waals surface area (Å²) in [6.45, 7) is 7.17. The van der Waals surface area contributed by atoms with E-state index in [2.05, 4.69) is 13.2 Å². The molecule has 0 aliphatic heterocycles. The van der Waals surface area contributed by atoms with Gasteiger partial charge in [-0.15, -0.1) is 0 Å². The molecule has 0 aromatic heterocycles. The summed E-state index contributed by atoms with van der Waals surface area (Å²) in [6.07, 6.45) is 1.80. The molecule has 6 heteroatoms. The SMILES string of the molecule is C=COc1ccc(C(=O)Oc2ccc3ccccc3c2-c2c(C(OO)c3ccc(OC=C)cc3)ccc3ccccc23)cc1. The molecule has 0 fully saturated rings. The first kappa shape index (κ1) is 28.4. The molecule has 6 nitrogen and oxygen atoms in total. The van der Waals surface area contributed by atoms with Crippen LogP contribution in [0.25, 0.3) is 32.7 Å². The van der Waals surface area contributed by atoms with E-state index in [0.717, 1.165) is 27.1 Å². The maximum Gasteiger partial charge on any atom is 0.343 e. The molecule has 0 spiro atoms. The number of ether oxygens (including phenoxy) is 3. The fourth-order valence-corrected chi connectivity index (χ4v) is 5.42. The lowest BCUT2D eigenvalue weighted by atomic mass is 9.86. The van der Waals surface area contributed by atoms with Gasteiger partial charge < -0.3 is 14.2 Å². The Labute approximate surface area is 254 Å². The Bertz CT molecular complexity index is 1980. The van der Waals surface area contributed by atoms with Gasteiger partial charge in [0.25, 0.3) is 0 Å². The van der Waals surface area contributed by atoms with Crippen molar-refractivity contribution in [3.05, 3.63) is 164 Å². The van der Waals surface area contributed by atoms with E-state index in [-0.39, 0.29) is 0 Å². The van der Waals surface area contributed by atoms with Gasteiger partial charge in [0.2, 0.25) is 0 Å². The van der Waals surface area contributed by atoms with E-state index in [0.29, 0.717) is 39.5 Å². The lowest BCUT2D eigenvalue weighted by Crippen LogP contribution is -2.11. The minimum Gasteiger partial charge on any atom is -0.466 e. The summed E-state index contributed by atoms with van der Waals surface area (Å²) in [5.74, 6) is 0.999. The summed E-state index contributed by atoms with van der Waals surface area (Å²) < 4.78 is 16.8. The summed E-state index contributed by atoms with van der Waals surface area (Å²) in [6, 6.07) is 37.3. The van der Waals surface area contributed by atoms with E-state index >= 15 is 0 Å². The van der Waals surface area contributed by atoms with Crippen LogP contribution in [0.3, 0.4) is 0 Å². The first-order valence-corrected chi connectivity index (χ1v) is 13.9. The van der Waals surface area contributed by atoms with Crippen molar-refractivity contribution in [3.8, 4) is 28.4 Å². The molecule has 0 amide bonds. The molecule has 216 valence electrons. The van der Waals surface area contributed by atoms with E-state index in [1.807, 2.05) is 78.9 Å². The molecule has 1 atom stereocenters. The third-order valence-electron chi connectivity index (χ3n) is 7.40. The molecule has 1 N–H and O–H groups in total. The lowest BCUT2D eigenvalue weighted by molar-refractivity contribution is -0.270. The fraction of sp³-hybridized carbons (Fsp3) is 0.0263. The maximum absolute atomic E-state index is 13.5. The van der Waals surface area contributed by atoms with Crippen molar-refractivity contribution in [2.24, 2.45) is 0 Å². The molecular formula is C38H28O6. The molecular weight excluding hydrogens is 552 g/mol. The van der Waals surface area contributed by atoms with Gasteiger partial charge in [-0.1, -0.05) is 92.0 Å². The van der Waals surface area contributed by atoms with Crippen LogP contribution in [0.2, 0.25) is 0 Å². The molecule has 0 bridgehead atoms. The summed E-state index contributed by atoms with van der Waals surface area (Å²) in [5, 5.41) is 14.0. The van der Waals surface area contributed by atoms with Crippen LogP contribution in [0.4, 0.5) is 0 Å². The number of fused-ring (bicyclic) bond motifs is 2. The highest BCUT2D eigenvalue weighted by atomic mass is 17.1. The topological polar surface area (TPSA) is 74.2 Å². The normalized spacial score (nSPS) is 11.6. The van der Waals surface area contributed by atoms with E-state index in [9.17, 15) is 10.1 Å². The van der Waals surface area contributed by atoms with Crippen LogP contribution in [0, 0.1) is 0 Å². The standard InChI is InChI=1S/C38H28O6/c1-3-41-29-19-13-27(14-20-29)37(44-40)33-23-17-25-9-5-7-11-31(25)35(33)36-32-12-8-6-10-26(32)18-24-34(36)43-38(39)28-15-21-30(22-16-28)42-4-2/h3-24,37,40H,1-2H2. The summed E-state index contributed by atoms with van der Waals surface area (Å²) in [5.41, 5.74) is 3.20. The second kappa shape index (κ2) is 12.7. The lowest BCUT2D eigenvalue weighted by Gasteiger charge is -2.23. The largest absolute Gasteiger partial charge is 0.466 e. The fourth-order valence-electron chi connectivity index (χ4n) is 5.42. The Morgan fingerprint density at radius 3 is 1.77 bits per heavy atom. The summed E-state index contributed by atoms with van der Waals surface area (Å²) in [4.78, 5) is 18.7. The quantitative estimate of drug-likeness (QED) is 0.0572. The molecule has 0 saturated carbocycles. The molecule has 0 radical (unpaired) electrons. The first-order chi connectivity index (χ1) is 21.6. The third-order valence-corrected chi connectivity index (χ3v) is 7.40. The molecule has 1 unspecified atom stereocenters. The van der Waals surface area contributed by atoms with Crippen molar-refractivity contribution in [2.45, 2.75) is 6.10 Å². The second-order valence-corrected chi connectivity index (χ2v) is 9.95. The van der Waals surface area contributed by atoms with Crippen molar-refractivity contribution in [1.82, 2.24) is 0 Å². The van der Waals surface area contributed by atoms with Gasteiger partial charge in [0.15, 0.2) is 0 Å². The smallest absolute Gasteiger partial charge is 0.343 e. The molecule has 6 rings (SSSR count). The first-order valence-electron chi connectivity index (χ1n) is 13.9. The molecule has 0 aliphatic rings. The molecule has 0 saturated heterocycles. The third kappa shape index (κ3) is 5.55. The predicted molar refractivity (Wildman–Crippen MR) is 172 cm³/mol. The van der Waals surface area contributed by atoms with Crippen LogP contribution in [-0.4, -0.2) is 11.2 Å². The van der Waals surface area contributed by atoms with Crippen LogP contribution in [0.1, 0.15) is 27.6 Å². The highest BCUT2D eigenvalue weighted by Crippen LogP contribution is 2.46. The zero-order valence-corrected chi connectivity index (χ0v) is 23.7. The van der Waals surface area contributed by atoms with Crippen molar-refractivity contribution in [3.63, 3.8) is 0 Å². The van der Waals surface area contributed by atoms with Gasteiger partial charge in [0, 0.05) is 11.1 Å². The molecule has 0 aliphatic carbocycles. The number of esters is 1. The van der Waals surface area contributed by atoms with Gasteiger partial charge >= 0.3 is 5.97 Å². The Morgan fingerprint density at radius 2 is 1.18 bits per heavy atom. The Morgan fingerprint density at radius 1 is 0.636 bits per heavy atom. The van der Waals surface area contributed by atoms with E-state index in [1.54, 1.807) is 42.5 Å². The average Bonchev–Trinajstić information content (AvgIpc) is 3.06. The van der Waals surface area contributed by atoms with Crippen LogP contribution < -0.4 is 14.2 Å². The zero-order valence-electron chi connectivity index (χ0n) is 23.7. The van der Waals surface area contributed by atoms with Gasteiger partial charge in [-0.25, -0.2) is 9.68 Å². The number of carbonyl (C=O) groups excluding carboxylic acids is 1. The summed E-state index contributed by atoms with van der Waals surface area (Å²) >= 11 is 0. The average molecular weight is 581 g/mol.